The number of amides is 7. The summed E-state index contributed by atoms with van der Waals surface area (Å²) >= 11 is 6.08. The Morgan fingerprint density at radius 2 is 1.43 bits per heavy atom. The molecule has 2 aliphatic rings. The number of carbonyl (C=O) groups is 7. The fourth-order valence-corrected chi connectivity index (χ4v) is 8.98. The van der Waals surface area contributed by atoms with Crippen LogP contribution in [-0.4, -0.2) is 128 Å². The molecule has 72 heavy (non-hydrogen) atoms. The predicted octanol–water partition coefficient (Wildman–Crippen LogP) is 2.30. The first-order chi connectivity index (χ1) is 34.5. The van der Waals surface area contributed by atoms with Crippen LogP contribution in [0, 0.1) is 0 Å². The molecule has 1 saturated heterocycles. The van der Waals surface area contributed by atoms with E-state index in [2.05, 4.69) is 21.3 Å². The van der Waals surface area contributed by atoms with Crippen LogP contribution in [0.5, 0.6) is 11.5 Å². The molecule has 0 aromatic heterocycles. The SMILES string of the molecule is C[C@@H]1NC(=O)[C@@H](N(C)C(=O)[C@H](CCCCN)NC(=O)c2ccc(-c3ccc(Cl)cc3)cc2)c2ccc(OCCN)c(c2)-c2cc(ccc2OCCN)C[C@@H](C(=O)N[C@@H](C)C(=O)N2CCC[C@H]2C(N)=O)NC1=O. The van der Waals surface area contributed by atoms with Crippen molar-refractivity contribution in [2.45, 2.75) is 88.6 Å². The molecular weight excluding hydrogens is 944 g/mol. The van der Waals surface area contributed by atoms with Gasteiger partial charge in [0.05, 0.1) is 0 Å². The summed E-state index contributed by atoms with van der Waals surface area (Å²) in [5.74, 6) is -3.79. The van der Waals surface area contributed by atoms with Crippen LogP contribution in [-0.2, 0) is 35.2 Å². The second-order valence-corrected chi connectivity index (χ2v) is 18.4. The van der Waals surface area contributed by atoms with E-state index in [1.54, 1.807) is 72.8 Å². The number of ether oxygens (including phenoxy) is 2. The van der Waals surface area contributed by atoms with Crippen LogP contribution in [0.2, 0.25) is 5.02 Å². The van der Waals surface area contributed by atoms with Gasteiger partial charge in [0, 0.05) is 54.8 Å². The highest BCUT2D eigenvalue weighted by Crippen LogP contribution is 2.40. The number of benzene rings is 4. The number of likely N-dealkylation sites (N-methyl/N-ethyl adjacent to an activating group) is 1. The molecule has 0 radical (unpaired) electrons. The van der Waals surface area contributed by atoms with E-state index in [1.807, 2.05) is 12.1 Å². The number of nitrogens with one attached hydrogen (secondary N) is 4. The number of fused-ring (bicyclic) bond motifs is 5. The second kappa shape index (κ2) is 25.4. The number of unbranched alkanes of at least 4 members (excludes halogenated alkanes) is 1. The molecule has 1 fully saturated rings. The highest BCUT2D eigenvalue weighted by atomic mass is 35.5. The van der Waals surface area contributed by atoms with E-state index < -0.39 is 77.6 Å². The molecule has 0 spiro atoms. The van der Waals surface area contributed by atoms with Gasteiger partial charge in [-0.3, -0.25) is 33.6 Å². The first kappa shape index (κ1) is 54.3. The topological polar surface area (TPSA) is 297 Å². The Bertz CT molecular complexity index is 2600. The monoisotopic (exact) mass is 1010 g/mol. The van der Waals surface area contributed by atoms with Gasteiger partial charge < -0.3 is 63.5 Å². The molecule has 4 aromatic rings. The molecule has 4 aromatic carbocycles. The van der Waals surface area contributed by atoms with Crippen LogP contribution in [0.1, 0.15) is 73.5 Å². The van der Waals surface area contributed by atoms with E-state index in [9.17, 15) is 33.6 Å². The lowest BCUT2D eigenvalue weighted by Gasteiger charge is -2.33. The summed E-state index contributed by atoms with van der Waals surface area (Å²) in [4.78, 5) is 100. The number of rotatable bonds is 19. The summed E-state index contributed by atoms with van der Waals surface area (Å²) in [6.07, 6.45) is 2.09. The van der Waals surface area contributed by atoms with Crippen molar-refractivity contribution < 1.29 is 43.0 Å². The molecule has 20 heteroatoms. The van der Waals surface area contributed by atoms with Crippen molar-refractivity contribution in [3.8, 4) is 33.8 Å². The van der Waals surface area contributed by atoms with Crippen molar-refractivity contribution in [3.63, 3.8) is 0 Å². The minimum atomic E-state index is -1.41. The second-order valence-electron chi connectivity index (χ2n) is 17.9. The van der Waals surface area contributed by atoms with Gasteiger partial charge in [-0.1, -0.05) is 48.0 Å². The predicted molar refractivity (Wildman–Crippen MR) is 272 cm³/mol. The molecule has 2 heterocycles. The molecule has 6 atom stereocenters. The molecule has 0 aliphatic carbocycles. The quantitative estimate of drug-likeness (QED) is 0.0628. The smallest absolute Gasteiger partial charge is 0.251 e. The van der Waals surface area contributed by atoms with Crippen molar-refractivity contribution in [1.29, 1.82) is 0 Å². The third kappa shape index (κ3) is 13.5. The van der Waals surface area contributed by atoms with Gasteiger partial charge in [0.15, 0.2) is 0 Å². The summed E-state index contributed by atoms with van der Waals surface area (Å²) in [6.45, 7) is 4.12. The van der Waals surface area contributed by atoms with E-state index in [0.29, 0.717) is 76.6 Å². The van der Waals surface area contributed by atoms with Crippen LogP contribution in [0.4, 0.5) is 0 Å². The number of carbonyl (C=O) groups excluding carboxylic acids is 7. The minimum Gasteiger partial charge on any atom is -0.492 e. The number of hydrogen-bond donors (Lipinski definition) is 8. The number of hydrogen-bond acceptors (Lipinski definition) is 12. The van der Waals surface area contributed by atoms with Crippen molar-refractivity contribution >= 4 is 53.0 Å². The minimum absolute atomic E-state index is 0.0841. The number of likely N-dealkylation sites (tertiary alicyclic amines) is 1. The van der Waals surface area contributed by atoms with E-state index in [-0.39, 0.29) is 45.7 Å². The number of nitrogens with two attached hydrogens (primary N) is 4. The summed E-state index contributed by atoms with van der Waals surface area (Å²) < 4.78 is 12.3. The standard InChI is InChI=1S/C52H65ClN10O9/c1-30-47(65)61-41(49(67)59-31(2)51(69)63-24-6-8-42(63)46(57)64)28-32-9-19-43(71-25-22-55)38(27-32)39-29-36(16-20-44(39)72-26-23-56)45(50(68)58-30)62(3)52(70)40(7-4-5-21-54)60-48(66)35-12-10-33(11-13-35)34-14-17-37(53)18-15-34/h9-20,27,29-31,40-42,45H,4-8,21-26,28,54-56H2,1-3H3,(H2,57,64)(H,58,68)(H,59,67)(H,60,66)(H,61,65)/t30-,31-,40-,41-,42-,45-/m0/s1. The molecule has 0 saturated carbocycles. The van der Waals surface area contributed by atoms with E-state index >= 15 is 0 Å². The lowest BCUT2D eigenvalue weighted by atomic mass is 9.93. The van der Waals surface area contributed by atoms with Gasteiger partial charge in [-0.25, -0.2) is 0 Å². The summed E-state index contributed by atoms with van der Waals surface area (Å²) in [7, 11) is 1.44. The summed E-state index contributed by atoms with van der Waals surface area (Å²) in [5, 5.41) is 11.7. The largest absolute Gasteiger partial charge is 0.492 e. The summed E-state index contributed by atoms with van der Waals surface area (Å²) in [6, 6.07) is 17.3. The summed E-state index contributed by atoms with van der Waals surface area (Å²) in [5.41, 5.74) is 27.0. The third-order valence-corrected chi connectivity index (χ3v) is 12.9. The van der Waals surface area contributed by atoms with E-state index in [0.717, 1.165) is 11.1 Å². The van der Waals surface area contributed by atoms with Gasteiger partial charge in [-0.15, -0.1) is 0 Å². The van der Waals surface area contributed by atoms with Crippen molar-refractivity contribution in [2.75, 3.05) is 46.4 Å². The maximum atomic E-state index is 14.9. The zero-order valence-electron chi connectivity index (χ0n) is 40.8. The van der Waals surface area contributed by atoms with Crippen molar-refractivity contribution in [3.05, 3.63) is 107 Å². The molecule has 0 unspecified atom stereocenters. The van der Waals surface area contributed by atoms with Crippen LogP contribution in [0.15, 0.2) is 84.9 Å². The van der Waals surface area contributed by atoms with Gasteiger partial charge >= 0.3 is 0 Å². The lowest BCUT2D eigenvalue weighted by Crippen LogP contribution is -2.58. The maximum Gasteiger partial charge on any atom is 0.251 e. The number of nitrogens with zero attached hydrogens (tertiary/aromatic N) is 2. The normalized spacial score (nSPS) is 18.6. The third-order valence-electron chi connectivity index (χ3n) is 12.7. The van der Waals surface area contributed by atoms with Crippen molar-refractivity contribution in [2.24, 2.45) is 22.9 Å². The highest BCUT2D eigenvalue weighted by Gasteiger charge is 2.38. The van der Waals surface area contributed by atoms with Crippen LogP contribution < -0.4 is 53.7 Å². The fourth-order valence-electron chi connectivity index (χ4n) is 8.85. The Labute approximate surface area is 424 Å². The molecule has 19 nitrogen and oxygen atoms in total. The number of halogens is 1. The first-order valence-corrected chi connectivity index (χ1v) is 24.5. The van der Waals surface area contributed by atoms with Gasteiger partial charge in [0.1, 0.15) is 61.0 Å². The van der Waals surface area contributed by atoms with Crippen LogP contribution >= 0.6 is 11.6 Å². The zero-order chi connectivity index (χ0) is 52.1. The Hall–Kier alpha value is -7.06. The Morgan fingerprint density at radius 1 is 0.806 bits per heavy atom. The maximum absolute atomic E-state index is 14.9. The average Bonchev–Trinajstić information content (AvgIpc) is 3.88. The zero-order valence-corrected chi connectivity index (χ0v) is 41.5. The average molecular weight is 1010 g/mol. The lowest BCUT2D eigenvalue weighted by molar-refractivity contribution is -0.142. The molecule has 4 bridgehead atoms. The Kier molecular flexibility index (Phi) is 19.1. The Morgan fingerprint density at radius 3 is 2.06 bits per heavy atom. The van der Waals surface area contributed by atoms with Crippen LogP contribution in [0.25, 0.3) is 22.3 Å². The van der Waals surface area contributed by atoms with E-state index in [1.165, 1.54) is 30.7 Å². The highest BCUT2D eigenvalue weighted by molar-refractivity contribution is 6.30. The molecule has 2 aliphatic heterocycles. The molecule has 7 amide bonds. The molecule has 12 N–H and O–H groups in total. The Balaban J connectivity index is 1.38. The van der Waals surface area contributed by atoms with Gasteiger partial charge in [-0.05, 0) is 123 Å². The number of primary amides is 1. The first-order valence-electron chi connectivity index (χ1n) is 24.1. The molecular formula is C52H65ClN10O9. The van der Waals surface area contributed by atoms with E-state index in [4.69, 9.17) is 44.0 Å². The molecule has 6 rings (SSSR count). The van der Waals surface area contributed by atoms with Gasteiger partial charge in [0.2, 0.25) is 35.4 Å². The fraction of sp³-hybridized carbons (Fsp3) is 0.404. The molecule has 384 valence electrons. The van der Waals surface area contributed by atoms with Crippen molar-refractivity contribution in [1.82, 2.24) is 31.1 Å². The van der Waals surface area contributed by atoms with Crippen LogP contribution in [0.3, 0.4) is 0 Å². The van der Waals surface area contributed by atoms with Gasteiger partial charge in [0.25, 0.3) is 5.91 Å². The van der Waals surface area contributed by atoms with Gasteiger partial charge in [-0.2, -0.15) is 0 Å².